The summed E-state index contributed by atoms with van der Waals surface area (Å²) >= 11 is 3.08. The van der Waals surface area contributed by atoms with Crippen LogP contribution in [0.15, 0.2) is 0 Å². The Bertz CT molecular complexity index is 114. The van der Waals surface area contributed by atoms with Gasteiger partial charge in [0.15, 0.2) is 5.78 Å². The van der Waals surface area contributed by atoms with Crippen LogP contribution in [0.3, 0.4) is 0 Å². The van der Waals surface area contributed by atoms with Gasteiger partial charge in [0.25, 0.3) is 0 Å². The predicted molar refractivity (Wildman–Crippen MR) is 46.2 cm³/mol. The fraction of sp³-hybridized carbons (Fsp3) is 0.857. The minimum atomic E-state index is -0.278. The monoisotopic (exact) mass is 207 g/mol. The van der Waals surface area contributed by atoms with E-state index in [-0.39, 0.29) is 11.8 Å². The van der Waals surface area contributed by atoms with E-state index in [1.54, 1.807) is 0 Å². The van der Waals surface area contributed by atoms with Crippen molar-refractivity contribution in [2.45, 2.75) is 26.3 Å². The van der Waals surface area contributed by atoms with Gasteiger partial charge < -0.3 is 5.73 Å². The van der Waals surface area contributed by atoms with Crippen molar-refractivity contribution in [1.82, 2.24) is 0 Å². The van der Waals surface area contributed by atoms with Gasteiger partial charge in [0, 0.05) is 0 Å². The summed E-state index contributed by atoms with van der Waals surface area (Å²) < 4.78 is 0. The number of nitrogens with two attached hydrogens (primary N) is 1. The van der Waals surface area contributed by atoms with Crippen molar-refractivity contribution in [3.63, 3.8) is 0 Å². The van der Waals surface area contributed by atoms with Crippen LogP contribution >= 0.6 is 15.9 Å². The molecule has 0 fully saturated rings. The van der Waals surface area contributed by atoms with Gasteiger partial charge >= 0.3 is 0 Å². The van der Waals surface area contributed by atoms with E-state index in [0.29, 0.717) is 11.2 Å². The molecule has 0 bridgehead atoms. The van der Waals surface area contributed by atoms with E-state index in [0.717, 1.165) is 6.42 Å². The second-order valence-electron chi connectivity index (χ2n) is 2.84. The normalized spacial score (nSPS) is 13.7. The maximum Gasteiger partial charge on any atom is 0.160 e. The van der Waals surface area contributed by atoms with Gasteiger partial charge in [-0.3, -0.25) is 4.79 Å². The lowest BCUT2D eigenvalue weighted by atomic mass is 10.0. The molecule has 0 rings (SSSR count). The number of rotatable bonds is 4. The van der Waals surface area contributed by atoms with Gasteiger partial charge in [-0.2, -0.15) is 0 Å². The molecule has 0 saturated heterocycles. The van der Waals surface area contributed by atoms with Crippen LogP contribution in [0.1, 0.15) is 20.3 Å². The molecule has 0 amide bonds. The molecule has 0 aliphatic carbocycles. The SMILES string of the molecule is CC(C)C[C@@H](N)C(=O)CBr. The van der Waals surface area contributed by atoms with Gasteiger partial charge in [-0.1, -0.05) is 29.8 Å². The molecular formula is C7H14BrNO. The van der Waals surface area contributed by atoms with Crippen LogP contribution in [-0.4, -0.2) is 17.2 Å². The minimum absolute atomic E-state index is 0.0914. The maximum absolute atomic E-state index is 10.9. The highest BCUT2D eigenvalue weighted by molar-refractivity contribution is 9.09. The molecule has 0 aromatic heterocycles. The van der Waals surface area contributed by atoms with Gasteiger partial charge in [-0.15, -0.1) is 0 Å². The molecule has 0 heterocycles. The number of alkyl halides is 1. The molecule has 3 heteroatoms. The number of hydrogen-bond acceptors (Lipinski definition) is 2. The van der Waals surface area contributed by atoms with Crippen molar-refractivity contribution >= 4 is 21.7 Å². The van der Waals surface area contributed by atoms with Crippen molar-refractivity contribution in [2.24, 2.45) is 11.7 Å². The molecule has 0 aliphatic rings. The molecule has 0 aliphatic heterocycles. The first-order valence-electron chi connectivity index (χ1n) is 3.42. The third-order valence-corrected chi connectivity index (χ3v) is 1.82. The van der Waals surface area contributed by atoms with E-state index in [9.17, 15) is 4.79 Å². The van der Waals surface area contributed by atoms with Crippen molar-refractivity contribution in [3.05, 3.63) is 0 Å². The second-order valence-corrected chi connectivity index (χ2v) is 3.40. The fourth-order valence-corrected chi connectivity index (χ4v) is 1.15. The van der Waals surface area contributed by atoms with Gasteiger partial charge in [0.1, 0.15) is 0 Å². The number of halogens is 1. The molecule has 0 aromatic rings. The van der Waals surface area contributed by atoms with E-state index in [2.05, 4.69) is 29.8 Å². The van der Waals surface area contributed by atoms with Gasteiger partial charge in [0.05, 0.1) is 11.4 Å². The maximum atomic E-state index is 10.9. The molecule has 2 nitrogen and oxygen atoms in total. The van der Waals surface area contributed by atoms with Gasteiger partial charge in [0.2, 0.25) is 0 Å². The summed E-state index contributed by atoms with van der Waals surface area (Å²) in [5.41, 5.74) is 5.55. The van der Waals surface area contributed by atoms with Crippen molar-refractivity contribution in [3.8, 4) is 0 Å². The Hall–Kier alpha value is 0.110. The first-order valence-corrected chi connectivity index (χ1v) is 4.54. The van der Waals surface area contributed by atoms with Crippen molar-refractivity contribution < 1.29 is 4.79 Å². The lowest BCUT2D eigenvalue weighted by molar-refractivity contribution is -0.118. The Kier molecular flexibility index (Phi) is 4.91. The Balaban J connectivity index is 3.61. The van der Waals surface area contributed by atoms with Crippen LogP contribution in [0.25, 0.3) is 0 Å². The number of hydrogen-bond donors (Lipinski definition) is 1. The van der Waals surface area contributed by atoms with Crippen LogP contribution in [0.2, 0.25) is 0 Å². The van der Waals surface area contributed by atoms with E-state index < -0.39 is 0 Å². The van der Waals surface area contributed by atoms with Crippen molar-refractivity contribution in [2.75, 3.05) is 5.33 Å². The van der Waals surface area contributed by atoms with E-state index >= 15 is 0 Å². The quantitative estimate of drug-likeness (QED) is 0.708. The van der Waals surface area contributed by atoms with E-state index in [1.807, 2.05) is 0 Å². The second kappa shape index (κ2) is 4.85. The van der Waals surface area contributed by atoms with Crippen LogP contribution in [0, 0.1) is 5.92 Å². The molecule has 0 aromatic carbocycles. The average Bonchev–Trinajstić information content (AvgIpc) is 1.85. The first-order chi connectivity index (χ1) is 4.57. The van der Waals surface area contributed by atoms with E-state index in [1.165, 1.54) is 0 Å². The molecule has 0 saturated carbocycles. The highest BCUT2D eigenvalue weighted by Crippen LogP contribution is 2.04. The molecule has 1 atom stereocenters. The number of Topliss-reactive ketones (excluding diaryl/α,β-unsaturated/α-hetero) is 1. The fourth-order valence-electron chi connectivity index (χ4n) is 0.738. The molecule has 0 unspecified atom stereocenters. The molecule has 60 valence electrons. The molecular weight excluding hydrogens is 194 g/mol. The number of carbonyl (C=O) groups is 1. The highest BCUT2D eigenvalue weighted by Gasteiger charge is 2.12. The molecule has 0 radical (unpaired) electrons. The zero-order chi connectivity index (χ0) is 8.15. The highest BCUT2D eigenvalue weighted by atomic mass is 79.9. The van der Waals surface area contributed by atoms with Crippen LogP contribution in [0.5, 0.6) is 0 Å². The number of carbonyl (C=O) groups excluding carboxylic acids is 1. The largest absolute Gasteiger partial charge is 0.321 e. The third kappa shape index (κ3) is 4.01. The summed E-state index contributed by atoms with van der Waals surface area (Å²) in [6.45, 7) is 4.11. The summed E-state index contributed by atoms with van der Waals surface area (Å²) in [6.07, 6.45) is 0.782. The average molecular weight is 208 g/mol. The third-order valence-electron chi connectivity index (χ3n) is 1.27. The van der Waals surface area contributed by atoms with Crippen LogP contribution in [0.4, 0.5) is 0 Å². The van der Waals surface area contributed by atoms with Gasteiger partial charge in [-0.05, 0) is 12.3 Å². The Morgan fingerprint density at radius 1 is 1.60 bits per heavy atom. The molecule has 2 N–H and O–H groups in total. The topological polar surface area (TPSA) is 43.1 Å². The van der Waals surface area contributed by atoms with E-state index in [4.69, 9.17) is 5.73 Å². The molecule has 0 spiro atoms. The Morgan fingerprint density at radius 2 is 2.10 bits per heavy atom. The zero-order valence-electron chi connectivity index (χ0n) is 6.43. The minimum Gasteiger partial charge on any atom is -0.321 e. The van der Waals surface area contributed by atoms with Crippen molar-refractivity contribution in [1.29, 1.82) is 0 Å². The van der Waals surface area contributed by atoms with Gasteiger partial charge in [-0.25, -0.2) is 0 Å². The lowest BCUT2D eigenvalue weighted by Crippen LogP contribution is -2.32. The first kappa shape index (κ1) is 10.1. The summed E-state index contributed by atoms with van der Waals surface area (Å²) in [5.74, 6) is 0.590. The summed E-state index contributed by atoms with van der Waals surface area (Å²) in [4.78, 5) is 10.9. The molecule has 10 heavy (non-hydrogen) atoms. The van der Waals surface area contributed by atoms with Crippen LogP contribution < -0.4 is 5.73 Å². The number of ketones is 1. The Morgan fingerprint density at radius 3 is 2.40 bits per heavy atom. The zero-order valence-corrected chi connectivity index (χ0v) is 8.02. The predicted octanol–water partition coefficient (Wildman–Crippen LogP) is 1.32. The van der Waals surface area contributed by atoms with Crippen LogP contribution in [-0.2, 0) is 4.79 Å². The lowest BCUT2D eigenvalue weighted by Gasteiger charge is -2.10. The summed E-state index contributed by atoms with van der Waals surface area (Å²) in [6, 6.07) is -0.278. The Labute approximate surface area is 70.3 Å². The standard InChI is InChI=1S/C7H14BrNO/c1-5(2)3-6(9)7(10)4-8/h5-6H,3-4,9H2,1-2H3/t6-/m1/s1. The smallest absolute Gasteiger partial charge is 0.160 e. The summed E-state index contributed by atoms with van der Waals surface area (Å²) in [5, 5.41) is 0.376. The summed E-state index contributed by atoms with van der Waals surface area (Å²) in [7, 11) is 0.